The van der Waals surface area contributed by atoms with Gasteiger partial charge in [-0.15, -0.1) is 0 Å². The Bertz CT molecular complexity index is 638. The van der Waals surface area contributed by atoms with Gasteiger partial charge in [0.1, 0.15) is 5.78 Å². The monoisotopic (exact) mass is 344 g/mol. The van der Waals surface area contributed by atoms with Gasteiger partial charge in [-0.25, -0.2) is 0 Å². The van der Waals surface area contributed by atoms with Gasteiger partial charge in [-0.1, -0.05) is 18.2 Å². The Morgan fingerprint density at radius 3 is 2.36 bits per heavy atom. The highest BCUT2D eigenvalue weighted by atomic mass is 16.5. The molecule has 134 valence electrons. The van der Waals surface area contributed by atoms with E-state index < -0.39 is 17.8 Å². The van der Waals surface area contributed by atoms with Crippen molar-refractivity contribution in [2.24, 2.45) is 11.8 Å². The minimum absolute atomic E-state index is 0.0180. The van der Waals surface area contributed by atoms with E-state index >= 15 is 0 Å². The van der Waals surface area contributed by atoms with E-state index in [1.807, 2.05) is 23.1 Å². The molecule has 1 amide bonds. The van der Waals surface area contributed by atoms with Crippen LogP contribution >= 0.6 is 0 Å². The molecule has 1 aromatic rings. The molecule has 0 N–H and O–H groups in total. The summed E-state index contributed by atoms with van der Waals surface area (Å²) in [5, 5.41) is 0. The Hall–Kier alpha value is -2.37. The van der Waals surface area contributed by atoms with Crippen molar-refractivity contribution in [1.82, 2.24) is 4.90 Å². The quantitative estimate of drug-likeness (QED) is 0.777. The topological polar surface area (TPSA) is 66.9 Å². The van der Waals surface area contributed by atoms with Crippen molar-refractivity contribution in [3.63, 3.8) is 0 Å². The predicted octanol–water partition coefficient (Wildman–Crippen LogP) is 1.49. The number of Topliss-reactive ketones (excluding diaryl/α,β-unsaturated/α-hetero) is 1. The summed E-state index contributed by atoms with van der Waals surface area (Å²) in [6, 6.07) is 10.1. The molecule has 2 fully saturated rings. The fourth-order valence-electron chi connectivity index (χ4n) is 3.76. The third-order valence-electron chi connectivity index (χ3n) is 5.20. The van der Waals surface area contributed by atoms with Crippen molar-refractivity contribution < 1.29 is 19.1 Å². The van der Waals surface area contributed by atoms with E-state index in [4.69, 9.17) is 4.74 Å². The number of nitrogens with zero attached hydrogens (tertiary/aromatic N) is 2. The zero-order valence-corrected chi connectivity index (χ0v) is 14.5. The first-order valence-electron chi connectivity index (χ1n) is 8.78. The molecule has 1 saturated heterocycles. The second-order valence-corrected chi connectivity index (χ2v) is 6.67. The molecule has 3 rings (SSSR count). The van der Waals surface area contributed by atoms with Crippen molar-refractivity contribution >= 4 is 23.3 Å². The average Bonchev–Trinajstić information content (AvgIpc) is 2.67. The molecule has 0 bridgehead atoms. The SMILES string of the molecule is COC(=O)C1CC(=O)CCC1C(=O)N1CCN(c2ccccc2)CC1. The molecule has 0 aromatic heterocycles. The molecule has 1 aromatic carbocycles. The molecule has 0 spiro atoms. The third kappa shape index (κ3) is 3.83. The van der Waals surface area contributed by atoms with E-state index in [0.717, 1.165) is 18.8 Å². The molecule has 0 radical (unpaired) electrons. The zero-order chi connectivity index (χ0) is 17.8. The first kappa shape index (κ1) is 17.5. The van der Waals surface area contributed by atoms with E-state index in [-0.39, 0.29) is 18.1 Å². The summed E-state index contributed by atoms with van der Waals surface area (Å²) in [4.78, 5) is 40.7. The van der Waals surface area contributed by atoms with Crippen molar-refractivity contribution in [3.8, 4) is 0 Å². The van der Waals surface area contributed by atoms with Crippen LogP contribution in [0.25, 0.3) is 0 Å². The van der Waals surface area contributed by atoms with Gasteiger partial charge in [0.05, 0.1) is 18.9 Å². The Morgan fingerprint density at radius 2 is 1.72 bits per heavy atom. The molecular weight excluding hydrogens is 320 g/mol. The van der Waals surface area contributed by atoms with Gasteiger partial charge in [-0.3, -0.25) is 14.4 Å². The summed E-state index contributed by atoms with van der Waals surface area (Å²) < 4.78 is 4.81. The Balaban J connectivity index is 1.63. The number of piperazine rings is 1. The minimum atomic E-state index is -0.633. The Morgan fingerprint density at radius 1 is 1.04 bits per heavy atom. The predicted molar refractivity (Wildman–Crippen MR) is 93.1 cm³/mol. The smallest absolute Gasteiger partial charge is 0.309 e. The van der Waals surface area contributed by atoms with Gasteiger partial charge in [0.25, 0.3) is 0 Å². The standard InChI is InChI=1S/C19H24N2O4/c1-25-19(24)17-13-15(22)7-8-16(17)18(23)21-11-9-20(10-12-21)14-5-3-2-4-6-14/h2-6,16-17H,7-13H2,1H3. The second kappa shape index (κ2) is 7.68. The molecule has 2 atom stereocenters. The highest BCUT2D eigenvalue weighted by molar-refractivity contribution is 5.92. The van der Waals surface area contributed by atoms with Crippen LogP contribution in [0.5, 0.6) is 0 Å². The Kier molecular flexibility index (Phi) is 5.36. The molecule has 1 heterocycles. The van der Waals surface area contributed by atoms with Crippen LogP contribution in [-0.4, -0.2) is 55.8 Å². The number of hydrogen-bond donors (Lipinski definition) is 0. The summed E-state index contributed by atoms with van der Waals surface area (Å²) in [6.07, 6.45) is 0.928. The number of benzene rings is 1. The molecule has 1 aliphatic carbocycles. The number of amides is 1. The average molecular weight is 344 g/mol. The van der Waals surface area contributed by atoms with Crippen LogP contribution < -0.4 is 4.90 Å². The first-order valence-corrected chi connectivity index (χ1v) is 8.78. The summed E-state index contributed by atoms with van der Waals surface area (Å²) in [5.41, 5.74) is 1.16. The third-order valence-corrected chi connectivity index (χ3v) is 5.20. The van der Waals surface area contributed by atoms with Crippen molar-refractivity contribution in [1.29, 1.82) is 0 Å². The number of methoxy groups -OCH3 is 1. The van der Waals surface area contributed by atoms with E-state index in [1.54, 1.807) is 0 Å². The van der Waals surface area contributed by atoms with E-state index in [9.17, 15) is 14.4 Å². The number of ketones is 1. The highest BCUT2D eigenvalue weighted by Gasteiger charge is 2.41. The maximum absolute atomic E-state index is 12.9. The fraction of sp³-hybridized carbons (Fsp3) is 0.526. The van der Waals surface area contributed by atoms with Crippen LogP contribution in [0.15, 0.2) is 30.3 Å². The lowest BCUT2D eigenvalue weighted by Gasteiger charge is -2.39. The van der Waals surface area contributed by atoms with Gasteiger partial charge < -0.3 is 14.5 Å². The van der Waals surface area contributed by atoms with E-state index in [0.29, 0.717) is 25.9 Å². The maximum Gasteiger partial charge on any atom is 0.309 e. The highest BCUT2D eigenvalue weighted by Crippen LogP contribution is 2.31. The van der Waals surface area contributed by atoms with E-state index in [1.165, 1.54) is 7.11 Å². The van der Waals surface area contributed by atoms with Gasteiger partial charge in [0.15, 0.2) is 0 Å². The lowest BCUT2D eigenvalue weighted by atomic mass is 9.77. The van der Waals surface area contributed by atoms with Gasteiger partial charge in [0.2, 0.25) is 5.91 Å². The van der Waals surface area contributed by atoms with Gasteiger partial charge in [0, 0.05) is 44.7 Å². The van der Waals surface area contributed by atoms with E-state index in [2.05, 4.69) is 17.0 Å². The molecule has 6 heteroatoms. The number of ether oxygens (including phenoxy) is 1. The van der Waals surface area contributed by atoms with Crippen LogP contribution in [0, 0.1) is 11.8 Å². The lowest BCUT2D eigenvalue weighted by molar-refractivity contribution is -0.156. The number of carbonyl (C=O) groups is 3. The van der Waals surface area contributed by atoms with Crippen molar-refractivity contribution in [2.45, 2.75) is 19.3 Å². The van der Waals surface area contributed by atoms with Crippen molar-refractivity contribution in [2.75, 3.05) is 38.2 Å². The van der Waals surface area contributed by atoms with Crippen LogP contribution in [0.2, 0.25) is 0 Å². The molecule has 2 unspecified atom stereocenters. The molecule has 6 nitrogen and oxygen atoms in total. The second-order valence-electron chi connectivity index (χ2n) is 6.67. The molecular formula is C19H24N2O4. The number of rotatable bonds is 3. The van der Waals surface area contributed by atoms with Crippen LogP contribution in [0.3, 0.4) is 0 Å². The van der Waals surface area contributed by atoms with Gasteiger partial charge in [-0.05, 0) is 18.6 Å². The summed E-state index contributed by atoms with van der Waals surface area (Å²) in [5.74, 6) is -1.50. The summed E-state index contributed by atoms with van der Waals surface area (Å²) >= 11 is 0. The number of para-hydroxylation sites is 1. The summed E-state index contributed by atoms with van der Waals surface area (Å²) in [6.45, 7) is 2.80. The fourth-order valence-corrected chi connectivity index (χ4v) is 3.76. The molecule has 2 aliphatic rings. The van der Waals surface area contributed by atoms with Crippen LogP contribution in [0.4, 0.5) is 5.69 Å². The van der Waals surface area contributed by atoms with Gasteiger partial charge >= 0.3 is 5.97 Å². The van der Waals surface area contributed by atoms with Gasteiger partial charge in [-0.2, -0.15) is 0 Å². The van der Waals surface area contributed by atoms with Crippen LogP contribution in [0.1, 0.15) is 19.3 Å². The first-order chi connectivity index (χ1) is 12.1. The largest absolute Gasteiger partial charge is 0.469 e. The number of hydrogen-bond acceptors (Lipinski definition) is 5. The minimum Gasteiger partial charge on any atom is -0.469 e. The zero-order valence-electron chi connectivity index (χ0n) is 14.5. The molecule has 1 aliphatic heterocycles. The summed E-state index contributed by atoms with van der Waals surface area (Å²) in [7, 11) is 1.31. The number of anilines is 1. The molecule has 25 heavy (non-hydrogen) atoms. The van der Waals surface area contributed by atoms with Crippen LogP contribution in [-0.2, 0) is 19.1 Å². The normalized spacial score (nSPS) is 24.1. The maximum atomic E-state index is 12.9. The number of esters is 1. The molecule has 1 saturated carbocycles. The number of carbonyl (C=O) groups excluding carboxylic acids is 3. The van der Waals surface area contributed by atoms with Crippen molar-refractivity contribution in [3.05, 3.63) is 30.3 Å². The Labute approximate surface area is 147 Å². The lowest BCUT2D eigenvalue weighted by Crippen LogP contribution is -2.52.